The minimum Gasteiger partial charge on any atom is -0.334 e. The van der Waals surface area contributed by atoms with Gasteiger partial charge < -0.3 is 15.2 Å². The smallest absolute Gasteiger partial charge is 0.198 e. The van der Waals surface area contributed by atoms with Crippen LogP contribution >= 0.6 is 12.2 Å². The zero-order chi connectivity index (χ0) is 14.2. The number of para-hydroxylation sites is 1. The number of rotatable bonds is 1. The number of nitrogens with one attached hydrogen (secondary N) is 2. The van der Waals surface area contributed by atoms with E-state index in [4.69, 9.17) is 12.2 Å². The van der Waals surface area contributed by atoms with Crippen LogP contribution in [0.15, 0.2) is 24.3 Å². The monoisotopic (exact) mass is 298 g/mol. The van der Waals surface area contributed by atoms with Crippen LogP contribution in [0.2, 0.25) is 0 Å². The van der Waals surface area contributed by atoms with Crippen molar-refractivity contribution in [1.29, 1.82) is 0 Å². The topological polar surface area (TPSA) is 44.0 Å². The van der Waals surface area contributed by atoms with Crippen molar-refractivity contribution in [3.63, 3.8) is 0 Å². The summed E-state index contributed by atoms with van der Waals surface area (Å²) < 4.78 is 0.593. The summed E-state index contributed by atoms with van der Waals surface area (Å²) in [5.74, 6) is 1.06. The molecule has 0 saturated carbocycles. The highest BCUT2D eigenvalue weighted by atomic mass is 32.1. The van der Waals surface area contributed by atoms with E-state index in [2.05, 4.69) is 44.5 Å². The van der Waals surface area contributed by atoms with Crippen LogP contribution in [-0.4, -0.2) is 29.6 Å². The molecule has 0 atom stereocenters. The Balaban J connectivity index is 1.86. The molecule has 2 aromatic rings. The highest BCUT2D eigenvalue weighted by molar-refractivity contribution is 7.71. The fourth-order valence-corrected chi connectivity index (χ4v) is 3.55. The van der Waals surface area contributed by atoms with E-state index in [9.17, 15) is 0 Å². The van der Waals surface area contributed by atoms with Gasteiger partial charge in [-0.1, -0.05) is 18.2 Å². The van der Waals surface area contributed by atoms with Crippen LogP contribution in [0, 0.1) is 4.77 Å². The molecule has 0 unspecified atom stereocenters. The number of aromatic amines is 1. The third-order valence-electron chi connectivity index (χ3n) is 4.35. The van der Waals surface area contributed by atoms with Crippen molar-refractivity contribution in [3.05, 3.63) is 45.9 Å². The Kier molecular flexibility index (Phi) is 3.24. The van der Waals surface area contributed by atoms with Crippen LogP contribution in [0.5, 0.6) is 0 Å². The van der Waals surface area contributed by atoms with Crippen molar-refractivity contribution in [2.45, 2.75) is 19.3 Å². The van der Waals surface area contributed by atoms with E-state index >= 15 is 0 Å². The summed E-state index contributed by atoms with van der Waals surface area (Å²) in [4.78, 5) is 10.3. The van der Waals surface area contributed by atoms with Crippen molar-refractivity contribution < 1.29 is 0 Å². The standard InChI is InChI=1S/C16H18N4S/c21-16-18-13-6-9-17-8-5-12(13)15(19-16)20-10-7-11-3-1-2-4-14(11)20/h1-4,17H,5-10H2,(H,18,19,21). The van der Waals surface area contributed by atoms with Gasteiger partial charge in [-0.05, 0) is 43.2 Å². The predicted molar refractivity (Wildman–Crippen MR) is 86.9 cm³/mol. The van der Waals surface area contributed by atoms with Crippen LogP contribution in [0.4, 0.5) is 11.5 Å². The van der Waals surface area contributed by atoms with E-state index in [0.717, 1.165) is 44.7 Å². The van der Waals surface area contributed by atoms with Crippen LogP contribution in [0.25, 0.3) is 0 Å². The van der Waals surface area contributed by atoms with Crippen molar-refractivity contribution >= 4 is 23.7 Å². The minimum atomic E-state index is 0.593. The van der Waals surface area contributed by atoms with Crippen LogP contribution in [0.1, 0.15) is 16.8 Å². The van der Waals surface area contributed by atoms with Crippen LogP contribution in [-0.2, 0) is 19.3 Å². The zero-order valence-corrected chi connectivity index (χ0v) is 12.7. The Hall–Kier alpha value is -1.72. The molecule has 108 valence electrons. The van der Waals surface area contributed by atoms with Crippen LogP contribution < -0.4 is 10.2 Å². The molecule has 2 N–H and O–H groups in total. The van der Waals surface area contributed by atoms with Crippen molar-refractivity contribution in [2.24, 2.45) is 0 Å². The third-order valence-corrected chi connectivity index (χ3v) is 4.54. The highest BCUT2D eigenvalue weighted by Gasteiger charge is 2.25. The molecule has 1 aromatic heterocycles. The summed E-state index contributed by atoms with van der Waals surface area (Å²) in [5, 5.41) is 3.45. The van der Waals surface area contributed by atoms with Gasteiger partial charge in [-0.25, -0.2) is 4.98 Å². The maximum Gasteiger partial charge on any atom is 0.198 e. The van der Waals surface area contributed by atoms with Gasteiger partial charge in [0.25, 0.3) is 0 Å². The summed E-state index contributed by atoms with van der Waals surface area (Å²) in [7, 11) is 0. The summed E-state index contributed by atoms with van der Waals surface area (Å²) in [6.07, 6.45) is 3.07. The molecule has 4 nitrogen and oxygen atoms in total. The Labute approximate surface area is 129 Å². The Morgan fingerprint density at radius 3 is 2.90 bits per heavy atom. The Bertz CT molecular complexity index is 737. The average molecular weight is 298 g/mol. The number of H-pyrrole nitrogens is 1. The molecular weight excluding hydrogens is 280 g/mol. The molecule has 0 radical (unpaired) electrons. The van der Waals surface area contributed by atoms with Gasteiger partial charge >= 0.3 is 0 Å². The second-order valence-corrected chi connectivity index (χ2v) is 5.99. The van der Waals surface area contributed by atoms with E-state index in [1.54, 1.807) is 0 Å². The molecule has 0 bridgehead atoms. The van der Waals surface area contributed by atoms with Gasteiger partial charge in [-0.2, -0.15) is 0 Å². The molecular formula is C16H18N4S. The number of fused-ring (bicyclic) bond motifs is 2. The summed E-state index contributed by atoms with van der Waals surface area (Å²) in [6, 6.07) is 8.60. The lowest BCUT2D eigenvalue weighted by atomic mass is 10.1. The van der Waals surface area contributed by atoms with E-state index in [1.807, 2.05) is 0 Å². The molecule has 0 amide bonds. The molecule has 5 heteroatoms. The molecule has 1 aromatic carbocycles. The number of nitrogens with zero attached hydrogens (tertiary/aromatic N) is 2. The van der Waals surface area contributed by atoms with Crippen LogP contribution in [0.3, 0.4) is 0 Å². The molecule has 0 aliphatic carbocycles. The highest BCUT2D eigenvalue weighted by Crippen LogP contribution is 2.35. The van der Waals surface area contributed by atoms with Gasteiger partial charge in [0.1, 0.15) is 5.82 Å². The van der Waals surface area contributed by atoms with E-state index < -0.39 is 0 Å². The SMILES string of the molecule is S=c1nc(N2CCc3ccccc32)c2c([nH]1)CCNCC2. The largest absolute Gasteiger partial charge is 0.334 e. The third kappa shape index (κ3) is 2.26. The molecule has 4 rings (SSSR count). The maximum absolute atomic E-state index is 5.35. The van der Waals surface area contributed by atoms with Gasteiger partial charge in [0.05, 0.1) is 0 Å². The second-order valence-electron chi connectivity index (χ2n) is 5.60. The van der Waals surface area contributed by atoms with Crippen molar-refractivity contribution in [3.8, 4) is 0 Å². The fraction of sp³-hybridized carbons (Fsp3) is 0.375. The lowest BCUT2D eigenvalue weighted by Crippen LogP contribution is -2.19. The average Bonchev–Trinajstić information content (AvgIpc) is 2.78. The summed E-state index contributed by atoms with van der Waals surface area (Å²) in [6.45, 7) is 2.99. The van der Waals surface area contributed by atoms with Gasteiger partial charge in [0, 0.05) is 36.5 Å². The first-order chi connectivity index (χ1) is 10.3. The number of benzene rings is 1. The number of anilines is 2. The van der Waals surface area contributed by atoms with Gasteiger partial charge in [0.15, 0.2) is 4.77 Å². The zero-order valence-electron chi connectivity index (χ0n) is 11.9. The van der Waals surface area contributed by atoms with Gasteiger partial charge in [-0.15, -0.1) is 0 Å². The predicted octanol–water partition coefficient (Wildman–Crippen LogP) is 2.52. The first-order valence-electron chi connectivity index (χ1n) is 7.51. The minimum absolute atomic E-state index is 0.593. The number of aromatic nitrogens is 2. The van der Waals surface area contributed by atoms with Crippen molar-refractivity contribution in [2.75, 3.05) is 24.5 Å². The summed E-state index contributed by atoms with van der Waals surface area (Å²) in [5.41, 5.74) is 5.26. The summed E-state index contributed by atoms with van der Waals surface area (Å²) >= 11 is 5.35. The first kappa shape index (κ1) is 13.0. The molecule has 0 saturated heterocycles. The number of hydrogen-bond acceptors (Lipinski definition) is 4. The van der Waals surface area contributed by atoms with E-state index in [0.29, 0.717) is 4.77 Å². The molecule has 0 fully saturated rings. The first-order valence-corrected chi connectivity index (χ1v) is 7.92. The lowest BCUT2D eigenvalue weighted by Gasteiger charge is -2.22. The lowest BCUT2D eigenvalue weighted by molar-refractivity contribution is 0.708. The Morgan fingerprint density at radius 1 is 1.10 bits per heavy atom. The molecule has 0 spiro atoms. The molecule has 2 aliphatic rings. The molecule has 2 aliphatic heterocycles. The van der Waals surface area contributed by atoms with E-state index in [-0.39, 0.29) is 0 Å². The molecule has 3 heterocycles. The quantitative estimate of drug-likeness (QED) is 0.794. The van der Waals surface area contributed by atoms with E-state index in [1.165, 1.54) is 22.5 Å². The maximum atomic E-state index is 5.35. The molecule has 21 heavy (non-hydrogen) atoms. The number of hydrogen-bond donors (Lipinski definition) is 2. The normalized spacial score (nSPS) is 17.2. The second kappa shape index (κ2) is 5.24. The van der Waals surface area contributed by atoms with Gasteiger partial charge in [-0.3, -0.25) is 0 Å². The van der Waals surface area contributed by atoms with Crippen molar-refractivity contribution in [1.82, 2.24) is 15.3 Å². The van der Waals surface area contributed by atoms with Gasteiger partial charge in [0.2, 0.25) is 0 Å². The Morgan fingerprint density at radius 2 is 1.95 bits per heavy atom. The fourth-order valence-electron chi connectivity index (χ4n) is 3.34.